The van der Waals surface area contributed by atoms with Gasteiger partial charge in [0.1, 0.15) is 11.6 Å². The Morgan fingerprint density at radius 2 is 0.970 bits per heavy atom. The Labute approximate surface area is 389 Å². The molecule has 1 unspecified atom stereocenters. The van der Waals surface area contributed by atoms with Crippen LogP contribution in [0.5, 0.6) is 0 Å². The molecule has 0 N–H and O–H groups in total. The van der Waals surface area contributed by atoms with Gasteiger partial charge in [0.05, 0.1) is 22.1 Å². The summed E-state index contributed by atoms with van der Waals surface area (Å²) in [4.78, 5) is 4.49. The van der Waals surface area contributed by atoms with Gasteiger partial charge in [0, 0.05) is 73.0 Å². The molecule has 12 rings (SSSR count). The fraction of sp³-hybridized carbons (Fsp3) is 0.115. The van der Waals surface area contributed by atoms with Crippen molar-refractivity contribution in [2.45, 2.75) is 39.0 Å². The predicted octanol–water partition coefficient (Wildman–Crippen LogP) is 17.5. The van der Waals surface area contributed by atoms with Gasteiger partial charge in [0.25, 0.3) is 0 Å². The number of hydrogen-bond acceptors (Lipinski definition) is 2. The maximum Gasteiger partial charge on any atom is 0.123 e. The summed E-state index contributed by atoms with van der Waals surface area (Å²) in [5.74, 6) is -0.577. The van der Waals surface area contributed by atoms with Crippen molar-refractivity contribution in [1.29, 1.82) is 0 Å². The first-order valence-corrected chi connectivity index (χ1v) is 23.4. The molecule has 67 heavy (non-hydrogen) atoms. The van der Waals surface area contributed by atoms with Crippen LogP contribution in [0.1, 0.15) is 39.0 Å². The van der Waals surface area contributed by atoms with Gasteiger partial charge < -0.3 is 18.9 Å². The molecule has 0 saturated heterocycles. The number of rotatable bonds is 9. The Balaban J connectivity index is 0.908. The molecule has 2 aliphatic rings. The van der Waals surface area contributed by atoms with Crippen LogP contribution in [0.2, 0.25) is 0 Å². The first-order chi connectivity index (χ1) is 33.0. The smallest absolute Gasteiger partial charge is 0.123 e. The molecule has 0 saturated carbocycles. The number of halogens is 2. The summed E-state index contributed by atoms with van der Waals surface area (Å²) < 4.78 is 34.0. The third kappa shape index (κ3) is 7.21. The number of allylic oxidation sites excluding steroid dienone is 6. The zero-order valence-electron chi connectivity index (χ0n) is 37.3. The van der Waals surface area contributed by atoms with E-state index >= 15 is 0 Å². The van der Waals surface area contributed by atoms with E-state index in [1.54, 1.807) is 6.08 Å². The van der Waals surface area contributed by atoms with Gasteiger partial charge in [0.2, 0.25) is 0 Å². The monoisotopic (exact) mass is 874 g/mol. The lowest BCUT2D eigenvalue weighted by Crippen LogP contribution is -2.20. The molecular weight excluding hydrogens is 827 g/mol. The second kappa shape index (κ2) is 16.8. The van der Waals surface area contributed by atoms with Crippen molar-refractivity contribution < 1.29 is 8.78 Å². The third-order valence-electron chi connectivity index (χ3n) is 13.8. The van der Waals surface area contributed by atoms with Crippen LogP contribution in [-0.4, -0.2) is 9.13 Å². The van der Waals surface area contributed by atoms with Crippen LogP contribution in [0.3, 0.4) is 0 Å². The largest absolute Gasteiger partial charge is 0.314 e. The van der Waals surface area contributed by atoms with E-state index in [4.69, 9.17) is 0 Å². The van der Waals surface area contributed by atoms with Crippen molar-refractivity contribution in [1.82, 2.24) is 9.13 Å². The van der Waals surface area contributed by atoms with Gasteiger partial charge in [-0.05, 0) is 165 Å². The van der Waals surface area contributed by atoms with E-state index in [0.717, 1.165) is 80.2 Å². The van der Waals surface area contributed by atoms with E-state index in [-0.39, 0.29) is 17.6 Å². The van der Waals surface area contributed by atoms with E-state index in [0.29, 0.717) is 6.42 Å². The first-order valence-electron chi connectivity index (χ1n) is 23.4. The van der Waals surface area contributed by atoms with Crippen molar-refractivity contribution >= 4 is 77.7 Å². The van der Waals surface area contributed by atoms with Gasteiger partial charge in [-0.15, -0.1) is 0 Å². The van der Waals surface area contributed by atoms with Gasteiger partial charge in [-0.25, -0.2) is 8.78 Å². The zero-order chi connectivity index (χ0) is 45.0. The second-order valence-electron chi connectivity index (χ2n) is 17.9. The molecular formula is C61H48F2N4. The maximum atomic E-state index is 14.9. The molecule has 0 spiro atoms. The van der Waals surface area contributed by atoms with E-state index in [1.165, 1.54) is 57.9 Å². The van der Waals surface area contributed by atoms with E-state index in [9.17, 15) is 8.78 Å². The lowest BCUT2D eigenvalue weighted by molar-refractivity contribution is 0.481. The van der Waals surface area contributed by atoms with Crippen molar-refractivity contribution in [3.63, 3.8) is 0 Å². The van der Waals surface area contributed by atoms with Gasteiger partial charge in [-0.1, -0.05) is 91.9 Å². The summed E-state index contributed by atoms with van der Waals surface area (Å²) in [5.41, 5.74) is 15.2. The second-order valence-corrected chi connectivity index (χ2v) is 17.9. The predicted molar refractivity (Wildman–Crippen MR) is 276 cm³/mol. The Bertz CT molecular complexity index is 3580. The van der Waals surface area contributed by atoms with Gasteiger partial charge in [0.15, 0.2) is 0 Å². The van der Waals surface area contributed by atoms with E-state index in [1.807, 2.05) is 31.2 Å². The van der Waals surface area contributed by atoms with Crippen LogP contribution in [0.15, 0.2) is 218 Å². The fourth-order valence-electron chi connectivity index (χ4n) is 10.5. The first kappa shape index (κ1) is 40.5. The van der Waals surface area contributed by atoms with Gasteiger partial charge in [-0.3, -0.25) is 0 Å². The number of aromatic nitrogens is 2. The molecule has 2 aromatic heterocycles. The molecule has 6 heteroatoms. The quantitative estimate of drug-likeness (QED) is 0.144. The maximum absolute atomic E-state index is 14.9. The molecule has 1 atom stereocenters. The average molecular weight is 875 g/mol. The van der Waals surface area contributed by atoms with Gasteiger partial charge >= 0.3 is 0 Å². The Kier molecular flexibility index (Phi) is 10.2. The zero-order valence-corrected chi connectivity index (χ0v) is 37.3. The SMILES string of the molecule is CC1CC(N(c2ccc(-c3ccc(N(c4ccc(F)cc4)c4ccc5c(c4)c4ccccc4n5-c4ccccc4)cc3)cc2)c2ccc3c(c2)c2ccccc2n3C2=CCCCC2)=CC=C1F. The molecule has 0 fully saturated rings. The van der Waals surface area contributed by atoms with Crippen LogP contribution in [0, 0.1) is 11.7 Å². The molecule has 4 nitrogen and oxygen atoms in total. The summed E-state index contributed by atoms with van der Waals surface area (Å²) in [7, 11) is 0. The molecule has 0 amide bonds. The number of fused-ring (bicyclic) bond motifs is 6. The van der Waals surface area contributed by atoms with E-state index in [2.05, 4.69) is 183 Å². The van der Waals surface area contributed by atoms with Crippen molar-refractivity contribution in [3.8, 4) is 16.8 Å². The fourth-order valence-corrected chi connectivity index (χ4v) is 10.5. The number of benzene rings is 8. The standard InChI is InChI=1S/C61H48F2N4/c1-41-38-50(32-35-57(41)63)65(52-34-37-61-56(40-52)54-17-9-11-19-59(54)67(61)46-14-6-3-7-15-46)48-28-22-43(23-29-48)42-20-26-47(27-21-42)64(49-30-24-44(62)25-31-49)51-33-36-60-55(39-51)53-16-8-10-18-58(53)66(60)45-12-4-2-5-13-45/h2,4-5,8-14,16-37,39-41H,3,6-7,15,38H2,1H3. The van der Waals surface area contributed by atoms with Crippen molar-refractivity contribution in [2.75, 3.05) is 9.80 Å². The number of para-hydroxylation sites is 3. The lowest BCUT2D eigenvalue weighted by Gasteiger charge is -2.31. The number of hydrogen-bond donors (Lipinski definition) is 0. The Morgan fingerprint density at radius 1 is 0.463 bits per heavy atom. The summed E-state index contributed by atoms with van der Waals surface area (Å²) in [6, 6.07) is 65.1. The molecule has 10 aromatic rings. The van der Waals surface area contributed by atoms with E-state index < -0.39 is 0 Å². The van der Waals surface area contributed by atoms with Crippen LogP contribution in [0.4, 0.5) is 37.2 Å². The highest BCUT2D eigenvalue weighted by Gasteiger charge is 2.24. The molecule has 0 bridgehead atoms. The average Bonchev–Trinajstić information content (AvgIpc) is 3.89. The number of anilines is 5. The van der Waals surface area contributed by atoms with Crippen molar-refractivity contribution in [2.24, 2.45) is 5.92 Å². The van der Waals surface area contributed by atoms with Crippen LogP contribution in [-0.2, 0) is 0 Å². The topological polar surface area (TPSA) is 16.3 Å². The summed E-state index contributed by atoms with van der Waals surface area (Å²) in [5, 5.41) is 4.74. The van der Waals surface area contributed by atoms with Crippen LogP contribution in [0.25, 0.3) is 66.1 Å². The highest BCUT2D eigenvalue weighted by atomic mass is 19.1. The summed E-state index contributed by atoms with van der Waals surface area (Å²) >= 11 is 0. The van der Waals surface area contributed by atoms with Crippen LogP contribution >= 0.6 is 0 Å². The Hall–Kier alpha value is -7.96. The van der Waals surface area contributed by atoms with Crippen molar-refractivity contribution in [3.05, 3.63) is 224 Å². The van der Waals surface area contributed by atoms with Gasteiger partial charge in [-0.2, -0.15) is 0 Å². The molecule has 2 aliphatic carbocycles. The molecule has 326 valence electrons. The van der Waals surface area contributed by atoms with Crippen LogP contribution < -0.4 is 9.80 Å². The normalized spacial score (nSPS) is 15.2. The molecule has 0 aliphatic heterocycles. The highest BCUT2D eigenvalue weighted by molar-refractivity contribution is 6.12. The summed E-state index contributed by atoms with van der Waals surface area (Å²) in [6.45, 7) is 1.96. The summed E-state index contributed by atoms with van der Waals surface area (Å²) in [6.07, 6.45) is 11.2. The number of nitrogens with zero attached hydrogens (tertiary/aromatic N) is 4. The highest BCUT2D eigenvalue weighted by Crippen LogP contribution is 2.43. The molecule has 8 aromatic carbocycles. The minimum Gasteiger partial charge on any atom is -0.314 e. The molecule has 0 radical (unpaired) electrons. The minimum absolute atomic E-state index is 0.0871. The third-order valence-corrected chi connectivity index (χ3v) is 13.8. The minimum atomic E-state index is -0.277. The molecule has 2 heterocycles. The lowest BCUT2D eigenvalue weighted by atomic mass is 9.97. The Morgan fingerprint density at radius 3 is 1.57 bits per heavy atom.